The molecule has 0 heterocycles. The van der Waals surface area contributed by atoms with Crippen LogP contribution in [0.15, 0.2) is 91.0 Å². The molecule has 0 aromatic heterocycles. The second kappa shape index (κ2) is 13.3. The molecule has 0 aliphatic carbocycles. The van der Waals surface area contributed by atoms with Crippen LogP contribution in [-0.4, -0.2) is 29.8 Å². The molecule has 4 amide bonds. The van der Waals surface area contributed by atoms with Crippen LogP contribution in [0.5, 0.6) is 0 Å². The third-order valence-corrected chi connectivity index (χ3v) is 5.61. The van der Waals surface area contributed by atoms with Crippen LogP contribution in [0.2, 0.25) is 0 Å². The predicted molar refractivity (Wildman–Crippen MR) is 147 cm³/mol. The van der Waals surface area contributed by atoms with Gasteiger partial charge in [-0.15, -0.1) is 0 Å². The van der Waals surface area contributed by atoms with Gasteiger partial charge < -0.3 is 26.0 Å². The Morgan fingerprint density at radius 1 is 0.711 bits per heavy atom. The van der Waals surface area contributed by atoms with Gasteiger partial charge in [0, 0.05) is 6.42 Å². The predicted octanol–water partition coefficient (Wildman–Crippen LogP) is 5.00. The molecule has 8 nitrogen and oxygen atoms in total. The molecule has 3 aromatic rings. The van der Waals surface area contributed by atoms with Crippen molar-refractivity contribution in [2.24, 2.45) is 0 Å². The van der Waals surface area contributed by atoms with Crippen molar-refractivity contribution in [2.45, 2.75) is 58.0 Å². The lowest BCUT2D eigenvalue weighted by Crippen LogP contribution is -2.55. The standard InChI is InChI=1S/C30H36N4O4/c1-21(23-16-10-6-11-17-23)31-28(36)33-25(20-22-14-8-5-9-15-22)32-27(35)26(24-18-12-7-13-19-24)34-29(37)38-30(2,3)4/h5-19,21,25-26H,20H2,1-4H3,(H,32,35)(H,34,37)(H2,31,33,36)/t21-,25-,26+/m1/s1. The molecule has 4 N–H and O–H groups in total. The summed E-state index contributed by atoms with van der Waals surface area (Å²) >= 11 is 0. The van der Waals surface area contributed by atoms with Crippen molar-refractivity contribution >= 4 is 18.0 Å². The molecule has 0 bridgehead atoms. The van der Waals surface area contributed by atoms with Crippen LogP contribution in [0.4, 0.5) is 9.59 Å². The molecule has 0 spiro atoms. The van der Waals surface area contributed by atoms with Crippen molar-refractivity contribution in [2.75, 3.05) is 0 Å². The molecule has 8 heteroatoms. The molecular weight excluding hydrogens is 480 g/mol. The minimum Gasteiger partial charge on any atom is -0.444 e. The fourth-order valence-electron chi connectivity index (χ4n) is 3.84. The van der Waals surface area contributed by atoms with E-state index in [0.717, 1.165) is 11.1 Å². The molecule has 38 heavy (non-hydrogen) atoms. The highest BCUT2D eigenvalue weighted by Crippen LogP contribution is 2.16. The smallest absolute Gasteiger partial charge is 0.408 e. The van der Waals surface area contributed by atoms with Gasteiger partial charge in [0.25, 0.3) is 0 Å². The first-order valence-corrected chi connectivity index (χ1v) is 12.6. The average Bonchev–Trinajstić information content (AvgIpc) is 2.87. The number of hydrogen-bond acceptors (Lipinski definition) is 4. The van der Waals surface area contributed by atoms with E-state index in [0.29, 0.717) is 12.0 Å². The summed E-state index contributed by atoms with van der Waals surface area (Å²) in [4.78, 5) is 39.0. The Labute approximate surface area is 224 Å². The summed E-state index contributed by atoms with van der Waals surface area (Å²) in [5.41, 5.74) is 1.73. The number of carbonyl (C=O) groups is 3. The lowest BCUT2D eigenvalue weighted by Gasteiger charge is -2.27. The minimum absolute atomic E-state index is 0.241. The highest BCUT2D eigenvalue weighted by molar-refractivity contribution is 5.87. The summed E-state index contributed by atoms with van der Waals surface area (Å²) in [6, 6.07) is 26.3. The number of alkyl carbamates (subject to hydrolysis) is 1. The van der Waals surface area contributed by atoms with Crippen LogP contribution in [-0.2, 0) is 16.0 Å². The molecule has 0 fully saturated rings. The van der Waals surface area contributed by atoms with Gasteiger partial charge >= 0.3 is 12.1 Å². The Morgan fingerprint density at radius 2 is 1.24 bits per heavy atom. The van der Waals surface area contributed by atoms with Crippen molar-refractivity contribution in [1.29, 1.82) is 0 Å². The number of carbonyl (C=O) groups excluding carboxylic acids is 3. The zero-order valence-corrected chi connectivity index (χ0v) is 22.2. The number of hydrogen-bond donors (Lipinski definition) is 4. The number of rotatable bonds is 9. The topological polar surface area (TPSA) is 109 Å². The van der Waals surface area contributed by atoms with Crippen LogP contribution in [0, 0.1) is 0 Å². The fourth-order valence-corrected chi connectivity index (χ4v) is 3.84. The summed E-state index contributed by atoms with van der Waals surface area (Å²) in [5, 5.41) is 11.3. The summed E-state index contributed by atoms with van der Waals surface area (Å²) < 4.78 is 5.38. The molecule has 0 aliphatic rings. The van der Waals surface area contributed by atoms with Gasteiger partial charge in [0.15, 0.2) is 0 Å². The molecular formula is C30H36N4O4. The van der Waals surface area contributed by atoms with Crippen molar-refractivity contribution < 1.29 is 19.1 Å². The molecule has 3 atom stereocenters. The van der Waals surface area contributed by atoms with E-state index in [1.807, 2.05) is 73.7 Å². The molecule has 0 saturated carbocycles. The van der Waals surface area contributed by atoms with Gasteiger partial charge in [-0.1, -0.05) is 91.0 Å². The highest BCUT2D eigenvalue weighted by Gasteiger charge is 2.28. The third kappa shape index (κ3) is 9.28. The van der Waals surface area contributed by atoms with E-state index >= 15 is 0 Å². The number of amides is 4. The van der Waals surface area contributed by atoms with Crippen molar-refractivity contribution in [1.82, 2.24) is 21.3 Å². The van der Waals surface area contributed by atoms with Crippen molar-refractivity contribution in [3.8, 4) is 0 Å². The summed E-state index contributed by atoms with van der Waals surface area (Å²) in [7, 11) is 0. The highest BCUT2D eigenvalue weighted by atomic mass is 16.6. The van der Waals surface area contributed by atoms with E-state index in [1.165, 1.54) is 0 Å². The maximum Gasteiger partial charge on any atom is 0.408 e. The third-order valence-electron chi connectivity index (χ3n) is 5.61. The van der Waals surface area contributed by atoms with E-state index in [9.17, 15) is 14.4 Å². The van der Waals surface area contributed by atoms with Gasteiger partial charge in [0.05, 0.1) is 6.04 Å². The quantitative estimate of drug-likeness (QED) is 0.300. The first-order chi connectivity index (χ1) is 18.1. The molecule has 3 rings (SSSR count). The van der Waals surface area contributed by atoms with Gasteiger partial charge in [-0.2, -0.15) is 0 Å². The number of urea groups is 1. The molecule has 3 aromatic carbocycles. The van der Waals surface area contributed by atoms with Crippen molar-refractivity contribution in [3.05, 3.63) is 108 Å². The molecule has 200 valence electrons. The van der Waals surface area contributed by atoms with Gasteiger partial charge in [0.2, 0.25) is 5.91 Å². The van der Waals surface area contributed by atoms with Crippen LogP contribution in [0.25, 0.3) is 0 Å². The molecule has 0 saturated heterocycles. The Kier molecular flexibility index (Phi) is 9.87. The Hall–Kier alpha value is -4.33. The zero-order valence-electron chi connectivity index (χ0n) is 22.2. The summed E-state index contributed by atoms with van der Waals surface area (Å²) in [5.74, 6) is -0.487. The van der Waals surface area contributed by atoms with E-state index in [-0.39, 0.29) is 6.04 Å². The maximum absolute atomic E-state index is 13.5. The van der Waals surface area contributed by atoms with E-state index in [2.05, 4.69) is 21.3 Å². The van der Waals surface area contributed by atoms with E-state index in [4.69, 9.17) is 4.74 Å². The van der Waals surface area contributed by atoms with Crippen LogP contribution >= 0.6 is 0 Å². The molecule has 0 aliphatic heterocycles. The number of ether oxygens (including phenoxy) is 1. The van der Waals surface area contributed by atoms with Crippen LogP contribution < -0.4 is 21.3 Å². The van der Waals surface area contributed by atoms with Crippen LogP contribution in [0.3, 0.4) is 0 Å². The van der Waals surface area contributed by atoms with Crippen LogP contribution in [0.1, 0.15) is 56.5 Å². The lowest BCUT2D eigenvalue weighted by molar-refractivity contribution is -0.124. The van der Waals surface area contributed by atoms with E-state index in [1.54, 1.807) is 45.0 Å². The first kappa shape index (κ1) is 28.2. The zero-order chi connectivity index (χ0) is 27.5. The molecule has 0 radical (unpaired) electrons. The SMILES string of the molecule is C[C@@H](NC(=O)N[C@H](Cc1ccccc1)NC(=O)[C@@H](NC(=O)OC(C)(C)C)c1ccccc1)c1ccccc1. The van der Waals surface area contributed by atoms with Gasteiger partial charge in [0.1, 0.15) is 17.8 Å². The average molecular weight is 517 g/mol. The summed E-state index contributed by atoms with van der Waals surface area (Å²) in [6.45, 7) is 7.13. The Balaban J connectivity index is 1.77. The van der Waals surface area contributed by atoms with Crippen molar-refractivity contribution in [3.63, 3.8) is 0 Å². The monoisotopic (exact) mass is 516 g/mol. The number of benzene rings is 3. The first-order valence-electron chi connectivity index (χ1n) is 12.6. The normalized spacial score (nSPS) is 13.4. The van der Waals surface area contributed by atoms with Gasteiger partial charge in [-0.3, -0.25) is 4.79 Å². The second-order valence-corrected chi connectivity index (χ2v) is 9.99. The lowest BCUT2D eigenvalue weighted by atomic mass is 10.1. The van der Waals surface area contributed by atoms with E-state index < -0.39 is 35.8 Å². The largest absolute Gasteiger partial charge is 0.444 e. The minimum atomic E-state index is -1.03. The summed E-state index contributed by atoms with van der Waals surface area (Å²) in [6.07, 6.45) is -1.13. The number of nitrogens with one attached hydrogen (secondary N) is 4. The Bertz CT molecular complexity index is 1180. The van der Waals surface area contributed by atoms with Gasteiger partial charge in [-0.05, 0) is 44.4 Å². The second-order valence-electron chi connectivity index (χ2n) is 9.99. The maximum atomic E-state index is 13.5. The van der Waals surface area contributed by atoms with Gasteiger partial charge in [-0.25, -0.2) is 9.59 Å². The molecule has 0 unspecified atom stereocenters. The Morgan fingerprint density at radius 3 is 1.79 bits per heavy atom. The fraction of sp³-hybridized carbons (Fsp3) is 0.300.